The molecular formula is C4H3Cl2N. The third kappa shape index (κ3) is 1.11. The highest BCUT2D eigenvalue weighted by Gasteiger charge is 1.86. The number of hydrogen-bond acceptors (Lipinski definition) is 0. The Morgan fingerprint density at radius 2 is 1.57 bits per heavy atom. The molecule has 38 valence electrons. The number of rotatable bonds is 0. The lowest BCUT2D eigenvalue weighted by atomic mass is 10.7. The standard InChI is InChI=1S/C4H3Cl2N/c5-3-1-2-4(6)7-3/h1-2,7H. The number of aromatic amines is 1. The zero-order valence-corrected chi connectivity index (χ0v) is 4.92. The first-order chi connectivity index (χ1) is 3.29. The van der Waals surface area contributed by atoms with Crippen molar-refractivity contribution in [2.24, 2.45) is 0 Å². The Labute approximate surface area is 51.2 Å². The van der Waals surface area contributed by atoms with Crippen LogP contribution in [0.3, 0.4) is 0 Å². The zero-order valence-electron chi connectivity index (χ0n) is 3.41. The van der Waals surface area contributed by atoms with Crippen LogP contribution in [-0.4, -0.2) is 4.98 Å². The SMILES string of the molecule is Clc1ccc(Cl)[nH]1. The van der Waals surface area contributed by atoms with E-state index >= 15 is 0 Å². The third-order valence-corrected chi connectivity index (χ3v) is 1.06. The van der Waals surface area contributed by atoms with Gasteiger partial charge in [0.1, 0.15) is 10.3 Å². The molecule has 1 aromatic heterocycles. The summed E-state index contributed by atoms with van der Waals surface area (Å²) >= 11 is 10.8. The molecule has 1 aromatic rings. The molecule has 0 fully saturated rings. The molecule has 0 aliphatic carbocycles. The molecule has 7 heavy (non-hydrogen) atoms. The summed E-state index contributed by atoms with van der Waals surface area (Å²) in [5.41, 5.74) is 0. The van der Waals surface area contributed by atoms with Crippen LogP contribution in [0.1, 0.15) is 0 Å². The third-order valence-electron chi connectivity index (χ3n) is 0.615. The Hall–Kier alpha value is -0.140. The molecule has 0 aromatic carbocycles. The van der Waals surface area contributed by atoms with E-state index < -0.39 is 0 Å². The smallest absolute Gasteiger partial charge is 0.107 e. The molecule has 0 saturated heterocycles. The van der Waals surface area contributed by atoms with Crippen molar-refractivity contribution in [1.82, 2.24) is 4.98 Å². The summed E-state index contributed by atoms with van der Waals surface area (Å²) in [6, 6.07) is 3.40. The lowest BCUT2D eigenvalue weighted by Crippen LogP contribution is -1.55. The lowest BCUT2D eigenvalue weighted by Gasteiger charge is -1.72. The maximum atomic E-state index is 5.42. The predicted molar refractivity (Wildman–Crippen MR) is 30.8 cm³/mol. The summed E-state index contributed by atoms with van der Waals surface area (Å²) in [6.07, 6.45) is 0. The maximum Gasteiger partial charge on any atom is 0.107 e. The molecule has 0 unspecified atom stereocenters. The molecule has 0 amide bonds. The van der Waals surface area contributed by atoms with Crippen molar-refractivity contribution in [3.63, 3.8) is 0 Å². The van der Waals surface area contributed by atoms with Crippen LogP contribution in [0.4, 0.5) is 0 Å². The molecule has 0 radical (unpaired) electrons. The van der Waals surface area contributed by atoms with E-state index in [2.05, 4.69) is 4.98 Å². The number of hydrogen-bond donors (Lipinski definition) is 1. The van der Waals surface area contributed by atoms with Gasteiger partial charge in [-0.3, -0.25) is 0 Å². The minimum Gasteiger partial charge on any atom is -0.337 e. The second-order valence-corrected chi connectivity index (χ2v) is 1.97. The summed E-state index contributed by atoms with van der Waals surface area (Å²) < 4.78 is 0. The number of halogens is 2. The summed E-state index contributed by atoms with van der Waals surface area (Å²) in [5.74, 6) is 0. The monoisotopic (exact) mass is 135 g/mol. The zero-order chi connectivity index (χ0) is 5.28. The quantitative estimate of drug-likeness (QED) is 0.563. The van der Waals surface area contributed by atoms with E-state index in [1.165, 1.54) is 0 Å². The number of aromatic nitrogens is 1. The van der Waals surface area contributed by atoms with Gasteiger partial charge in [-0.15, -0.1) is 0 Å². The van der Waals surface area contributed by atoms with E-state index in [1.54, 1.807) is 12.1 Å². The number of nitrogens with one attached hydrogen (secondary N) is 1. The van der Waals surface area contributed by atoms with Crippen LogP contribution in [0.15, 0.2) is 12.1 Å². The molecule has 1 nitrogen and oxygen atoms in total. The van der Waals surface area contributed by atoms with E-state index in [-0.39, 0.29) is 0 Å². The second kappa shape index (κ2) is 1.76. The largest absolute Gasteiger partial charge is 0.337 e. The molecule has 0 atom stereocenters. The normalized spacial score (nSPS) is 9.43. The highest BCUT2D eigenvalue weighted by Crippen LogP contribution is 2.10. The molecule has 0 bridgehead atoms. The van der Waals surface area contributed by atoms with Gasteiger partial charge in [-0.1, -0.05) is 23.2 Å². The highest BCUT2D eigenvalue weighted by atomic mass is 35.5. The molecule has 1 rings (SSSR count). The van der Waals surface area contributed by atoms with Gasteiger partial charge in [-0.2, -0.15) is 0 Å². The molecule has 1 heterocycles. The van der Waals surface area contributed by atoms with Crippen molar-refractivity contribution >= 4 is 23.2 Å². The first-order valence-electron chi connectivity index (χ1n) is 1.79. The average Bonchev–Trinajstić information content (AvgIpc) is 1.87. The minimum atomic E-state index is 0.574. The summed E-state index contributed by atoms with van der Waals surface area (Å²) in [6.45, 7) is 0. The van der Waals surface area contributed by atoms with E-state index in [0.717, 1.165) is 0 Å². The summed E-state index contributed by atoms with van der Waals surface area (Å²) in [5, 5.41) is 1.15. The fraction of sp³-hybridized carbons (Fsp3) is 0. The van der Waals surface area contributed by atoms with Gasteiger partial charge in [-0.25, -0.2) is 0 Å². The van der Waals surface area contributed by atoms with Crippen LogP contribution in [0.5, 0.6) is 0 Å². The molecule has 3 heteroatoms. The molecule has 0 saturated carbocycles. The van der Waals surface area contributed by atoms with E-state index in [1.807, 2.05) is 0 Å². The Morgan fingerprint density at radius 3 is 1.71 bits per heavy atom. The van der Waals surface area contributed by atoms with Crippen LogP contribution in [-0.2, 0) is 0 Å². The molecule has 0 aliphatic heterocycles. The van der Waals surface area contributed by atoms with Crippen LogP contribution >= 0.6 is 23.2 Å². The van der Waals surface area contributed by atoms with Gasteiger partial charge in [0.2, 0.25) is 0 Å². The van der Waals surface area contributed by atoms with E-state index in [4.69, 9.17) is 23.2 Å². The van der Waals surface area contributed by atoms with Crippen LogP contribution < -0.4 is 0 Å². The van der Waals surface area contributed by atoms with Crippen LogP contribution in [0.25, 0.3) is 0 Å². The van der Waals surface area contributed by atoms with E-state index in [9.17, 15) is 0 Å². The van der Waals surface area contributed by atoms with Gasteiger partial charge < -0.3 is 4.98 Å². The van der Waals surface area contributed by atoms with Gasteiger partial charge >= 0.3 is 0 Å². The molecular weight excluding hydrogens is 133 g/mol. The Balaban J connectivity index is 3.04. The van der Waals surface area contributed by atoms with Crippen molar-refractivity contribution < 1.29 is 0 Å². The first-order valence-corrected chi connectivity index (χ1v) is 2.54. The van der Waals surface area contributed by atoms with Crippen LogP contribution in [0.2, 0.25) is 10.3 Å². The van der Waals surface area contributed by atoms with E-state index in [0.29, 0.717) is 10.3 Å². The van der Waals surface area contributed by atoms with Gasteiger partial charge in [-0.05, 0) is 12.1 Å². The van der Waals surface area contributed by atoms with Gasteiger partial charge in [0.25, 0.3) is 0 Å². The van der Waals surface area contributed by atoms with Crippen molar-refractivity contribution in [1.29, 1.82) is 0 Å². The van der Waals surface area contributed by atoms with Crippen molar-refractivity contribution in [2.75, 3.05) is 0 Å². The predicted octanol–water partition coefficient (Wildman–Crippen LogP) is 2.32. The topological polar surface area (TPSA) is 15.8 Å². The first kappa shape index (κ1) is 5.01. The Kier molecular flexibility index (Phi) is 1.26. The van der Waals surface area contributed by atoms with Gasteiger partial charge in [0.05, 0.1) is 0 Å². The maximum absolute atomic E-state index is 5.42. The average molecular weight is 136 g/mol. The minimum absolute atomic E-state index is 0.574. The fourth-order valence-electron chi connectivity index (χ4n) is 0.344. The summed E-state index contributed by atoms with van der Waals surface area (Å²) in [7, 11) is 0. The van der Waals surface area contributed by atoms with Crippen molar-refractivity contribution in [2.45, 2.75) is 0 Å². The van der Waals surface area contributed by atoms with Crippen molar-refractivity contribution in [3.8, 4) is 0 Å². The van der Waals surface area contributed by atoms with Gasteiger partial charge in [0, 0.05) is 0 Å². The lowest BCUT2D eigenvalue weighted by molar-refractivity contribution is 1.41. The molecule has 1 N–H and O–H groups in total. The highest BCUT2D eigenvalue weighted by molar-refractivity contribution is 6.33. The van der Waals surface area contributed by atoms with Crippen LogP contribution in [0, 0.1) is 0 Å². The Morgan fingerprint density at radius 1 is 1.14 bits per heavy atom. The second-order valence-electron chi connectivity index (χ2n) is 1.15. The molecule has 0 aliphatic rings. The van der Waals surface area contributed by atoms with Gasteiger partial charge in [0.15, 0.2) is 0 Å². The number of H-pyrrole nitrogens is 1. The molecule has 0 spiro atoms. The van der Waals surface area contributed by atoms with Crippen molar-refractivity contribution in [3.05, 3.63) is 22.4 Å². The fourth-order valence-corrected chi connectivity index (χ4v) is 0.722. The summed E-state index contributed by atoms with van der Waals surface area (Å²) in [4.78, 5) is 2.67. The Bertz CT molecular complexity index is 142.